The lowest BCUT2D eigenvalue weighted by molar-refractivity contribution is -0.151. The average molecular weight is 311 g/mol. The van der Waals surface area contributed by atoms with E-state index in [0.717, 1.165) is 5.56 Å². The predicted molar refractivity (Wildman–Crippen MR) is 79.6 cm³/mol. The number of carboxylic acids is 1. The highest BCUT2D eigenvalue weighted by atomic mass is 32.1. The van der Waals surface area contributed by atoms with Crippen molar-refractivity contribution in [3.63, 3.8) is 0 Å². The van der Waals surface area contributed by atoms with Crippen LogP contribution in [-0.2, 0) is 25.7 Å². The molecule has 0 aromatic heterocycles. The Balaban J connectivity index is 2.58. The molecule has 0 saturated heterocycles. The van der Waals surface area contributed by atoms with Gasteiger partial charge in [0.1, 0.15) is 12.6 Å². The molecule has 0 amide bonds. The van der Waals surface area contributed by atoms with Crippen LogP contribution in [0.5, 0.6) is 0 Å². The Labute approximate surface area is 128 Å². The zero-order valence-electron chi connectivity index (χ0n) is 11.6. The third kappa shape index (κ3) is 6.71. The molecule has 0 spiro atoms. The number of ether oxygens (including phenoxy) is 2. The lowest BCUT2D eigenvalue weighted by Crippen LogP contribution is -2.43. The molecule has 0 aliphatic heterocycles. The van der Waals surface area contributed by atoms with Crippen molar-refractivity contribution in [1.82, 2.24) is 5.32 Å². The van der Waals surface area contributed by atoms with Gasteiger partial charge in [-0.25, -0.2) is 4.79 Å². The summed E-state index contributed by atoms with van der Waals surface area (Å²) < 4.78 is 10.1. The van der Waals surface area contributed by atoms with E-state index >= 15 is 0 Å². The Morgan fingerprint density at radius 1 is 1.29 bits per heavy atom. The van der Waals surface area contributed by atoms with E-state index in [1.807, 2.05) is 18.2 Å². The van der Waals surface area contributed by atoms with E-state index < -0.39 is 24.4 Å². The maximum atomic E-state index is 11.9. The second kappa shape index (κ2) is 8.91. The Morgan fingerprint density at radius 3 is 2.52 bits per heavy atom. The van der Waals surface area contributed by atoms with E-state index in [0.29, 0.717) is 6.61 Å². The summed E-state index contributed by atoms with van der Waals surface area (Å²) in [6, 6.07) is 8.02. The van der Waals surface area contributed by atoms with Crippen molar-refractivity contribution >= 4 is 29.3 Å². The molecular weight excluding hydrogens is 294 g/mol. The third-order valence-electron chi connectivity index (χ3n) is 2.45. The van der Waals surface area contributed by atoms with Crippen LogP contribution in [0.2, 0.25) is 0 Å². The van der Waals surface area contributed by atoms with Gasteiger partial charge in [0.05, 0.1) is 13.0 Å². The summed E-state index contributed by atoms with van der Waals surface area (Å²) in [4.78, 5) is 22.7. The Morgan fingerprint density at radius 2 is 1.95 bits per heavy atom. The molecule has 0 saturated carbocycles. The molecule has 7 heteroatoms. The van der Waals surface area contributed by atoms with Crippen molar-refractivity contribution in [2.75, 3.05) is 6.61 Å². The van der Waals surface area contributed by atoms with Gasteiger partial charge < -0.3 is 19.9 Å². The molecule has 0 radical (unpaired) electrons. The molecule has 0 fully saturated rings. The summed E-state index contributed by atoms with van der Waals surface area (Å²) in [6.45, 7) is 2.12. The maximum Gasteiger partial charge on any atom is 0.329 e. The fraction of sp³-hybridized carbons (Fsp3) is 0.357. The third-order valence-corrected chi connectivity index (χ3v) is 2.69. The normalized spacial score (nSPS) is 11.3. The van der Waals surface area contributed by atoms with E-state index in [4.69, 9.17) is 26.8 Å². The monoisotopic (exact) mass is 311 g/mol. The summed E-state index contributed by atoms with van der Waals surface area (Å²) >= 11 is 4.85. The molecule has 0 unspecified atom stereocenters. The van der Waals surface area contributed by atoms with Crippen LogP contribution in [0, 0.1) is 0 Å². The van der Waals surface area contributed by atoms with Gasteiger partial charge in [0, 0.05) is 0 Å². The first-order chi connectivity index (χ1) is 10.0. The molecular formula is C14H17NO5S. The van der Waals surface area contributed by atoms with Crippen molar-refractivity contribution in [3.05, 3.63) is 35.9 Å². The summed E-state index contributed by atoms with van der Waals surface area (Å²) in [5, 5.41) is 11.3. The molecule has 6 nitrogen and oxygen atoms in total. The van der Waals surface area contributed by atoms with Crippen LogP contribution in [0.25, 0.3) is 0 Å². The van der Waals surface area contributed by atoms with Gasteiger partial charge in [0.2, 0.25) is 0 Å². The summed E-state index contributed by atoms with van der Waals surface area (Å²) in [5.41, 5.74) is 0.812. The molecule has 0 aliphatic rings. The number of aliphatic carboxylic acids is 1. The number of carbonyl (C=O) groups is 2. The summed E-state index contributed by atoms with van der Waals surface area (Å²) in [6.07, 6.45) is -0.444. The Kier molecular flexibility index (Phi) is 7.17. The molecule has 2 N–H and O–H groups in total. The Bertz CT molecular complexity index is 491. The maximum absolute atomic E-state index is 11.9. The fourth-order valence-electron chi connectivity index (χ4n) is 1.51. The van der Waals surface area contributed by atoms with Crippen LogP contribution < -0.4 is 5.32 Å². The number of rotatable bonds is 7. The lowest BCUT2D eigenvalue weighted by Gasteiger charge is -2.17. The second-order valence-corrected chi connectivity index (χ2v) is 4.48. The van der Waals surface area contributed by atoms with E-state index in [2.05, 4.69) is 5.32 Å². The number of thiocarbonyl (C=S) groups is 1. The highest BCUT2D eigenvalue weighted by molar-refractivity contribution is 7.80. The minimum absolute atomic E-state index is 0.0274. The standard InChI is InChI=1S/C14H17NO5S/c1-2-19-14(21)15-11(8-12(16)17)13(18)20-9-10-6-4-3-5-7-10/h3-7,11H,2,8-9H2,1H3,(H,15,21)(H,16,17)/t11-/m1/s1. The molecule has 1 aromatic carbocycles. The summed E-state index contributed by atoms with van der Waals surface area (Å²) in [5.74, 6) is -1.83. The molecule has 0 bridgehead atoms. The number of benzene rings is 1. The highest BCUT2D eigenvalue weighted by Crippen LogP contribution is 2.04. The van der Waals surface area contributed by atoms with Crippen molar-refractivity contribution in [2.24, 2.45) is 0 Å². The number of esters is 1. The molecule has 0 heterocycles. The topological polar surface area (TPSA) is 84.9 Å². The van der Waals surface area contributed by atoms with Gasteiger partial charge in [0.25, 0.3) is 5.17 Å². The van der Waals surface area contributed by atoms with Gasteiger partial charge in [-0.05, 0) is 24.7 Å². The van der Waals surface area contributed by atoms with Gasteiger partial charge in [0.15, 0.2) is 0 Å². The van der Waals surface area contributed by atoms with Gasteiger partial charge in [-0.1, -0.05) is 30.3 Å². The average Bonchev–Trinajstić information content (AvgIpc) is 2.45. The quantitative estimate of drug-likeness (QED) is 0.583. The number of hydrogen-bond donors (Lipinski definition) is 2. The number of hydrogen-bond acceptors (Lipinski definition) is 5. The lowest BCUT2D eigenvalue weighted by atomic mass is 10.2. The SMILES string of the molecule is CCOC(=S)N[C@H](CC(=O)O)C(=O)OCc1ccccc1. The largest absolute Gasteiger partial charge is 0.481 e. The second-order valence-electron chi connectivity index (χ2n) is 4.11. The van der Waals surface area contributed by atoms with E-state index in [-0.39, 0.29) is 11.8 Å². The van der Waals surface area contributed by atoms with Gasteiger partial charge in [-0.15, -0.1) is 0 Å². The van der Waals surface area contributed by atoms with Crippen LogP contribution >= 0.6 is 12.2 Å². The van der Waals surface area contributed by atoms with E-state index in [9.17, 15) is 9.59 Å². The van der Waals surface area contributed by atoms with Crippen molar-refractivity contribution in [3.8, 4) is 0 Å². The number of carboxylic acid groups (broad SMARTS) is 1. The molecule has 114 valence electrons. The van der Waals surface area contributed by atoms with Crippen LogP contribution in [0.1, 0.15) is 18.9 Å². The molecule has 0 aliphatic carbocycles. The molecule has 1 atom stereocenters. The molecule has 1 rings (SSSR count). The predicted octanol–water partition coefficient (Wildman–Crippen LogP) is 1.48. The highest BCUT2D eigenvalue weighted by Gasteiger charge is 2.24. The van der Waals surface area contributed by atoms with Crippen LogP contribution in [0.4, 0.5) is 0 Å². The number of nitrogens with one attached hydrogen (secondary N) is 1. The van der Waals surface area contributed by atoms with E-state index in [1.54, 1.807) is 19.1 Å². The van der Waals surface area contributed by atoms with Crippen LogP contribution in [-0.4, -0.2) is 34.9 Å². The molecule has 21 heavy (non-hydrogen) atoms. The van der Waals surface area contributed by atoms with Crippen molar-refractivity contribution < 1.29 is 24.2 Å². The van der Waals surface area contributed by atoms with E-state index in [1.165, 1.54) is 0 Å². The zero-order valence-corrected chi connectivity index (χ0v) is 12.4. The first-order valence-electron chi connectivity index (χ1n) is 6.38. The van der Waals surface area contributed by atoms with Crippen molar-refractivity contribution in [2.45, 2.75) is 26.0 Å². The summed E-state index contributed by atoms with van der Waals surface area (Å²) in [7, 11) is 0. The smallest absolute Gasteiger partial charge is 0.329 e. The minimum atomic E-state index is -1.14. The Hall–Kier alpha value is -2.15. The van der Waals surface area contributed by atoms with Crippen LogP contribution in [0.15, 0.2) is 30.3 Å². The number of carbonyl (C=O) groups excluding carboxylic acids is 1. The van der Waals surface area contributed by atoms with Gasteiger partial charge in [-0.2, -0.15) is 0 Å². The van der Waals surface area contributed by atoms with Crippen LogP contribution in [0.3, 0.4) is 0 Å². The minimum Gasteiger partial charge on any atom is -0.481 e. The van der Waals surface area contributed by atoms with Crippen molar-refractivity contribution in [1.29, 1.82) is 0 Å². The fourth-order valence-corrected chi connectivity index (χ4v) is 1.77. The molecule has 1 aromatic rings. The van der Waals surface area contributed by atoms with Gasteiger partial charge in [-0.3, -0.25) is 4.79 Å². The first-order valence-corrected chi connectivity index (χ1v) is 6.79. The first kappa shape index (κ1) is 16.9. The zero-order chi connectivity index (χ0) is 15.7. The van der Waals surface area contributed by atoms with Gasteiger partial charge >= 0.3 is 11.9 Å².